The van der Waals surface area contributed by atoms with E-state index in [0.717, 1.165) is 28.2 Å². The Morgan fingerprint density at radius 2 is 2.04 bits per heavy atom. The first-order chi connectivity index (χ1) is 12.7. The van der Waals surface area contributed by atoms with E-state index in [1.807, 2.05) is 61.5 Å². The lowest BCUT2D eigenvalue weighted by atomic mass is 10.1. The summed E-state index contributed by atoms with van der Waals surface area (Å²) in [6, 6.07) is 16.5. The predicted octanol–water partition coefficient (Wildman–Crippen LogP) is 4.21. The Balaban J connectivity index is 1.74. The first kappa shape index (κ1) is 17.7. The molecule has 3 rings (SSSR count). The number of hydrogen-bond acceptors (Lipinski definition) is 4. The third kappa shape index (κ3) is 4.11. The van der Waals surface area contributed by atoms with Crippen LogP contribution in [0.5, 0.6) is 5.75 Å². The molecule has 1 aliphatic heterocycles. The highest BCUT2D eigenvalue weighted by Gasteiger charge is 2.37. The summed E-state index contributed by atoms with van der Waals surface area (Å²) in [6.07, 6.45) is 3.38. The Hall–Kier alpha value is -3.08. The molecule has 0 N–H and O–H groups in total. The van der Waals surface area contributed by atoms with E-state index in [1.54, 1.807) is 6.08 Å². The van der Waals surface area contributed by atoms with E-state index in [1.165, 1.54) is 6.08 Å². The molecule has 2 aromatic carbocycles. The number of imide groups is 1. The van der Waals surface area contributed by atoms with Crippen LogP contribution >= 0.6 is 0 Å². The van der Waals surface area contributed by atoms with Gasteiger partial charge in [-0.15, -0.1) is 0 Å². The van der Waals surface area contributed by atoms with E-state index in [0.29, 0.717) is 6.61 Å². The zero-order valence-electron chi connectivity index (χ0n) is 14.6. The van der Waals surface area contributed by atoms with Gasteiger partial charge in [-0.25, -0.2) is 9.69 Å². The summed E-state index contributed by atoms with van der Waals surface area (Å²) in [5, 5.41) is 0. The quantitative estimate of drug-likeness (QED) is 0.732. The van der Waals surface area contributed by atoms with Gasteiger partial charge in [0.05, 0.1) is 6.61 Å². The minimum atomic E-state index is -0.617. The number of rotatable bonds is 6. The molecular formula is C21H21NO4. The average molecular weight is 351 g/mol. The van der Waals surface area contributed by atoms with Crippen LogP contribution < -0.4 is 4.74 Å². The van der Waals surface area contributed by atoms with Gasteiger partial charge in [0.1, 0.15) is 18.4 Å². The molecule has 5 heteroatoms. The van der Waals surface area contributed by atoms with Gasteiger partial charge in [0.2, 0.25) is 0 Å². The van der Waals surface area contributed by atoms with Gasteiger partial charge in [0.15, 0.2) is 0 Å². The van der Waals surface area contributed by atoms with Crippen LogP contribution in [0.25, 0.3) is 6.08 Å². The maximum atomic E-state index is 12.6. The van der Waals surface area contributed by atoms with Crippen LogP contribution in [-0.2, 0) is 9.53 Å². The molecule has 1 aliphatic rings. The van der Waals surface area contributed by atoms with Crippen LogP contribution in [0.2, 0.25) is 0 Å². The molecule has 0 radical (unpaired) electrons. The minimum absolute atomic E-state index is 0.169. The van der Waals surface area contributed by atoms with Crippen LogP contribution in [0, 0.1) is 0 Å². The molecule has 0 aliphatic carbocycles. The second kappa shape index (κ2) is 8.34. The molecule has 134 valence electrons. The maximum Gasteiger partial charge on any atom is 0.417 e. The lowest BCUT2D eigenvalue weighted by Gasteiger charge is -2.18. The average Bonchev–Trinajstić information content (AvgIpc) is 3.07. The van der Waals surface area contributed by atoms with Gasteiger partial charge in [-0.3, -0.25) is 4.79 Å². The normalized spacial score (nSPS) is 16.7. The molecule has 1 unspecified atom stereocenters. The molecule has 1 heterocycles. The Bertz CT molecular complexity index is 801. The predicted molar refractivity (Wildman–Crippen MR) is 98.6 cm³/mol. The van der Waals surface area contributed by atoms with Crippen molar-refractivity contribution in [2.75, 3.05) is 13.2 Å². The molecule has 0 spiro atoms. The summed E-state index contributed by atoms with van der Waals surface area (Å²) in [6.45, 7) is 2.86. The van der Waals surface area contributed by atoms with Gasteiger partial charge in [0, 0.05) is 6.08 Å². The zero-order valence-corrected chi connectivity index (χ0v) is 14.6. The lowest BCUT2D eigenvalue weighted by molar-refractivity contribution is -0.124. The Kier molecular flexibility index (Phi) is 5.69. The van der Waals surface area contributed by atoms with Crippen molar-refractivity contribution in [1.29, 1.82) is 0 Å². The third-order valence-corrected chi connectivity index (χ3v) is 4.04. The van der Waals surface area contributed by atoms with E-state index in [4.69, 9.17) is 9.47 Å². The van der Waals surface area contributed by atoms with Crippen LogP contribution in [0.15, 0.2) is 60.7 Å². The van der Waals surface area contributed by atoms with Crippen LogP contribution in [0.3, 0.4) is 0 Å². The molecule has 5 nitrogen and oxygen atoms in total. The molecule has 1 saturated heterocycles. The van der Waals surface area contributed by atoms with Gasteiger partial charge in [-0.05, 0) is 35.8 Å². The molecule has 0 aromatic heterocycles. The number of ether oxygens (including phenoxy) is 2. The second-order valence-electron chi connectivity index (χ2n) is 5.97. The number of carbonyl (C=O) groups excluding carboxylic acids is 2. The number of nitrogens with zero attached hydrogens (tertiary/aromatic N) is 1. The van der Waals surface area contributed by atoms with Crippen molar-refractivity contribution >= 4 is 18.1 Å². The van der Waals surface area contributed by atoms with Crippen LogP contribution in [0.1, 0.15) is 30.5 Å². The SMILES string of the molecule is CCCOc1cccc(/C=C/C(=O)N2C(=O)OCC2c2ccccc2)c1. The molecule has 26 heavy (non-hydrogen) atoms. The van der Waals surface area contributed by atoms with E-state index in [9.17, 15) is 9.59 Å². The topological polar surface area (TPSA) is 55.8 Å². The molecule has 1 atom stereocenters. The molecular weight excluding hydrogens is 330 g/mol. The largest absolute Gasteiger partial charge is 0.494 e. The van der Waals surface area contributed by atoms with Crippen molar-refractivity contribution in [2.24, 2.45) is 0 Å². The monoisotopic (exact) mass is 351 g/mol. The van der Waals surface area contributed by atoms with Gasteiger partial charge in [0.25, 0.3) is 5.91 Å². The van der Waals surface area contributed by atoms with Crippen molar-refractivity contribution in [1.82, 2.24) is 4.90 Å². The summed E-state index contributed by atoms with van der Waals surface area (Å²) in [5.41, 5.74) is 1.70. The maximum absolute atomic E-state index is 12.6. The highest BCUT2D eigenvalue weighted by molar-refractivity contribution is 6.02. The Labute approximate surface area is 152 Å². The van der Waals surface area contributed by atoms with Gasteiger partial charge in [-0.1, -0.05) is 49.4 Å². The fourth-order valence-electron chi connectivity index (χ4n) is 2.76. The zero-order chi connectivity index (χ0) is 18.4. The number of amides is 2. The number of cyclic esters (lactones) is 1. The fraction of sp³-hybridized carbons (Fsp3) is 0.238. The summed E-state index contributed by atoms with van der Waals surface area (Å²) < 4.78 is 10.7. The van der Waals surface area contributed by atoms with E-state index < -0.39 is 18.0 Å². The summed E-state index contributed by atoms with van der Waals surface area (Å²) in [5.74, 6) is 0.352. The minimum Gasteiger partial charge on any atom is -0.494 e. The van der Waals surface area contributed by atoms with Crippen molar-refractivity contribution in [2.45, 2.75) is 19.4 Å². The molecule has 0 saturated carbocycles. The highest BCUT2D eigenvalue weighted by Crippen LogP contribution is 2.28. The summed E-state index contributed by atoms with van der Waals surface area (Å²) in [4.78, 5) is 25.7. The van der Waals surface area contributed by atoms with Crippen LogP contribution in [0.4, 0.5) is 4.79 Å². The molecule has 0 bridgehead atoms. The van der Waals surface area contributed by atoms with Crippen LogP contribution in [-0.4, -0.2) is 30.1 Å². The lowest BCUT2D eigenvalue weighted by Crippen LogP contribution is -2.32. The standard InChI is InChI=1S/C21H21NO4/c1-2-13-25-18-10-6-7-16(14-18)11-12-20(23)22-19(15-26-21(22)24)17-8-4-3-5-9-17/h3-12,14,19H,2,13,15H2,1H3/b12-11+. The van der Waals surface area contributed by atoms with Gasteiger partial charge < -0.3 is 9.47 Å². The second-order valence-corrected chi connectivity index (χ2v) is 5.97. The Morgan fingerprint density at radius 3 is 2.81 bits per heavy atom. The van der Waals surface area contributed by atoms with Crippen molar-refractivity contribution in [3.8, 4) is 5.75 Å². The smallest absolute Gasteiger partial charge is 0.417 e. The molecule has 2 aromatic rings. The van der Waals surface area contributed by atoms with E-state index in [2.05, 4.69) is 0 Å². The first-order valence-electron chi connectivity index (χ1n) is 8.65. The van der Waals surface area contributed by atoms with Gasteiger partial charge >= 0.3 is 6.09 Å². The van der Waals surface area contributed by atoms with E-state index in [-0.39, 0.29) is 6.61 Å². The Morgan fingerprint density at radius 1 is 1.23 bits per heavy atom. The van der Waals surface area contributed by atoms with Gasteiger partial charge in [-0.2, -0.15) is 0 Å². The number of carbonyl (C=O) groups is 2. The first-order valence-corrected chi connectivity index (χ1v) is 8.65. The van der Waals surface area contributed by atoms with E-state index >= 15 is 0 Å². The van der Waals surface area contributed by atoms with Crippen molar-refractivity contribution in [3.63, 3.8) is 0 Å². The highest BCUT2D eigenvalue weighted by atomic mass is 16.6. The summed E-state index contributed by atoms with van der Waals surface area (Å²) >= 11 is 0. The molecule has 2 amide bonds. The van der Waals surface area contributed by atoms with Crippen molar-refractivity contribution < 1.29 is 19.1 Å². The fourth-order valence-corrected chi connectivity index (χ4v) is 2.76. The summed E-state index contributed by atoms with van der Waals surface area (Å²) in [7, 11) is 0. The van der Waals surface area contributed by atoms with Crippen molar-refractivity contribution in [3.05, 3.63) is 71.8 Å². The number of benzene rings is 2. The molecule has 1 fully saturated rings. The third-order valence-electron chi connectivity index (χ3n) is 4.04. The number of hydrogen-bond donors (Lipinski definition) is 0.